The second-order valence-electron chi connectivity index (χ2n) is 1.63. The smallest absolute Gasteiger partial charge is 0.0112 e. The van der Waals surface area contributed by atoms with Crippen molar-refractivity contribution in [3.05, 3.63) is 40.3 Å². The van der Waals surface area contributed by atoms with Gasteiger partial charge in [-0.05, 0) is 26.2 Å². The first-order valence-corrected chi connectivity index (χ1v) is 3.44. The predicted octanol–water partition coefficient (Wildman–Crippen LogP) is 2.47. The topological polar surface area (TPSA) is 0 Å². The summed E-state index contributed by atoms with van der Waals surface area (Å²) >= 11 is 2.27. The fourth-order valence-corrected chi connectivity index (χ4v) is 0.844. The van der Waals surface area contributed by atoms with Crippen molar-refractivity contribution >= 4 is 22.6 Å². The maximum absolute atomic E-state index is 3.76. The highest BCUT2D eigenvalue weighted by Gasteiger charge is 1.74. The molecule has 0 radical (unpaired) electrons. The van der Waals surface area contributed by atoms with Gasteiger partial charge in [0, 0.05) is 0 Å². The molecule has 0 spiro atoms. The average molecular weight is 217 g/mol. The largest absolute Gasteiger partial charge is 0.199 e. The number of hydrogen-bond donors (Lipinski definition) is 0. The van der Waals surface area contributed by atoms with Gasteiger partial charge in [-0.15, -0.1) is 12.1 Å². The standard InChI is InChI=1S/C7H6I/c1-6-2-4-7(8)5-3-6/h2-5H,1H2/q-1. The third kappa shape index (κ3) is 1.40. The quantitative estimate of drug-likeness (QED) is 0.462. The minimum absolute atomic E-state index is 1.07. The van der Waals surface area contributed by atoms with Gasteiger partial charge in [-0.3, -0.25) is 0 Å². The molecule has 0 aliphatic carbocycles. The Morgan fingerprint density at radius 3 is 2.00 bits per heavy atom. The van der Waals surface area contributed by atoms with E-state index in [0.29, 0.717) is 0 Å². The van der Waals surface area contributed by atoms with Crippen LogP contribution in [0.25, 0.3) is 0 Å². The molecule has 8 heavy (non-hydrogen) atoms. The zero-order valence-electron chi connectivity index (χ0n) is 4.39. The zero-order valence-corrected chi connectivity index (χ0v) is 6.55. The molecule has 0 N–H and O–H groups in total. The Balaban J connectivity index is 3.03. The average Bonchev–Trinajstić information content (AvgIpc) is 1.77. The normalized spacial score (nSPS) is 9.12. The van der Waals surface area contributed by atoms with Crippen molar-refractivity contribution in [2.24, 2.45) is 0 Å². The molecule has 1 rings (SSSR count). The van der Waals surface area contributed by atoms with Crippen LogP contribution in [0.2, 0.25) is 0 Å². The summed E-state index contributed by atoms with van der Waals surface area (Å²) in [6, 6.07) is 8.09. The van der Waals surface area contributed by atoms with Gasteiger partial charge in [-0.1, -0.05) is 0 Å². The maximum Gasteiger partial charge on any atom is -0.0112 e. The number of halogens is 1. The molecular weight excluding hydrogens is 211 g/mol. The Hall–Kier alpha value is -0.180. The molecule has 0 fully saturated rings. The molecule has 1 aromatic carbocycles. The second-order valence-corrected chi connectivity index (χ2v) is 2.87. The van der Waals surface area contributed by atoms with Crippen molar-refractivity contribution in [1.29, 1.82) is 0 Å². The van der Waals surface area contributed by atoms with E-state index in [2.05, 4.69) is 29.5 Å². The van der Waals surface area contributed by atoms with E-state index in [1.54, 1.807) is 0 Å². The van der Waals surface area contributed by atoms with Crippen LogP contribution in [0.5, 0.6) is 0 Å². The van der Waals surface area contributed by atoms with Gasteiger partial charge >= 0.3 is 0 Å². The van der Waals surface area contributed by atoms with E-state index in [-0.39, 0.29) is 0 Å². The van der Waals surface area contributed by atoms with E-state index in [0.717, 1.165) is 5.56 Å². The lowest BCUT2D eigenvalue weighted by molar-refractivity contribution is 1.57. The molecule has 0 aliphatic heterocycles. The van der Waals surface area contributed by atoms with Gasteiger partial charge in [0.2, 0.25) is 0 Å². The minimum Gasteiger partial charge on any atom is -0.199 e. The first-order valence-electron chi connectivity index (χ1n) is 2.36. The summed E-state index contributed by atoms with van der Waals surface area (Å²) in [5.74, 6) is 0. The van der Waals surface area contributed by atoms with Crippen LogP contribution in [-0.2, 0) is 0 Å². The van der Waals surface area contributed by atoms with Crippen molar-refractivity contribution in [1.82, 2.24) is 0 Å². The number of hydrogen-bond acceptors (Lipinski definition) is 0. The van der Waals surface area contributed by atoms with Gasteiger partial charge < -0.3 is 0 Å². The molecule has 1 aromatic rings. The Morgan fingerprint density at radius 1 is 1.12 bits per heavy atom. The van der Waals surface area contributed by atoms with Gasteiger partial charge in [0.25, 0.3) is 0 Å². The van der Waals surface area contributed by atoms with E-state index in [1.165, 1.54) is 3.57 Å². The maximum atomic E-state index is 3.76. The summed E-state index contributed by atoms with van der Waals surface area (Å²) in [5.41, 5.74) is 1.07. The zero-order chi connectivity index (χ0) is 5.98. The van der Waals surface area contributed by atoms with Gasteiger partial charge in [-0.25, -0.2) is 0 Å². The van der Waals surface area contributed by atoms with E-state index in [1.807, 2.05) is 24.3 Å². The highest BCUT2D eigenvalue weighted by atomic mass is 127. The number of rotatable bonds is 0. The molecule has 0 aromatic heterocycles. The van der Waals surface area contributed by atoms with E-state index < -0.39 is 0 Å². The SMILES string of the molecule is [CH2-]c1ccc(I)cc1. The van der Waals surface area contributed by atoms with Crippen LogP contribution in [0.1, 0.15) is 5.56 Å². The fraction of sp³-hybridized carbons (Fsp3) is 0. The Kier molecular flexibility index (Phi) is 1.78. The lowest BCUT2D eigenvalue weighted by atomic mass is 10.2. The second kappa shape index (κ2) is 2.40. The van der Waals surface area contributed by atoms with Crippen molar-refractivity contribution < 1.29 is 0 Å². The molecule has 0 heterocycles. The summed E-state index contributed by atoms with van der Waals surface area (Å²) in [4.78, 5) is 0. The van der Waals surface area contributed by atoms with Gasteiger partial charge in [-0.2, -0.15) is 24.6 Å². The van der Waals surface area contributed by atoms with Crippen molar-refractivity contribution in [3.8, 4) is 0 Å². The molecular formula is C7H6I-. The molecule has 0 atom stereocenters. The van der Waals surface area contributed by atoms with Crippen LogP contribution in [0, 0.1) is 10.5 Å². The van der Waals surface area contributed by atoms with Gasteiger partial charge in [0.15, 0.2) is 0 Å². The Labute approximate surface area is 63.1 Å². The molecule has 0 unspecified atom stereocenters. The summed E-state index contributed by atoms with van der Waals surface area (Å²) in [7, 11) is 0. The van der Waals surface area contributed by atoms with E-state index in [9.17, 15) is 0 Å². The fourth-order valence-electron chi connectivity index (χ4n) is 0.484. The van der Waals surface area contributed by atoms with Crippen molar-refractivity contribution in [3.63, 3.8) is 0 Å². The van der Waals surface area contributed by atoms with Crippen molar-refractivity contribution in [2.75, 3.05) is 0 Å². The highest BCUT2D eigenvalue weighted by molar-refractivity contribution is 14.1. The van der Waals surface area contributed by atoms with Crippen LogP contribution in [0.4, 0.5) is 0 Å². The monoisotopic (exact) mass is 217 g/mol. The molecule has 0 nitrogen and oxygen atoms in total. The molecule has 0 amide bonds. The van der Waals surface area contributed by atoms with Crippen LogP contribution >= 0.6 is 22.6 Å². The van der Waals surface area contributed by atoms with Crippen LogP contribution < -0.4 is 0 Å². The molecule has 0 saturated carbocycles. The summed E-state index contributed by atoms with van der Waals surface area (Å²) < 4.78 is 1.26. The van der Waals surface area contributed by atoms with E-state index in [4.69, 9.17) is 0 Å². The van der Waals surface area contributed by atoms with Crippen molar-refractivity contribution in [2.45, 2.75) is 0 Å². The van der Waals surface area contributed by atoms with Gasteiger partial charge in [0.1, 0.15) is 0 Å². The number of benzene rings is 1. The first kappa shape index (κ1) is 5.95. The third-order valence-electron chi connectivity index (χ3n) is 0.913. The van der Waals surface area contributed by atoms with Crippen LogP contribution in [-0.4, -0.2) is 0 Å². The lowest BCUT2D eigenvalue weighted by Crippen LogP contribution is -1.69. The first-order chi connectivity index (χ1) is 3.79. The molecule has 42 valence electrons. The summed E-state index contributed by atoms with van der Waals surface area (Å²) in [6.45, 7) is 3.76. The molecule has 0 bridgehead atoms. The molecule has 0 saturated heterocycles. The highest BCUT2D eigenvalue weighted by Crippen LogP contribution is 2.04. The van der Waals surface area contributed by atoms with E-state index >= 15 is 0 Å². The lowest BCUT2D eigenvalue weighted by Gasteiger charge is -1.97. The molecule has 0 aliphatic rings. The third-order valence-corrected chi connectivity index (χ3v) is 1.63. The Bertz CT molecular complexity index is 143. The summed E-state index contributed by atoms with van der Waals surface area (Å²) in [6.07, 6.45) is 0. The Morgan fingerprint density at radius 2 is 1.62 bits per heavy atom. The predicted molar refractivity (Wildman–Crippen MR) is 43.6 cm³/mol. The van der Waals surface area contributed by atoms with Crippen LogP contribution in [0.3, 0.4) is 0 Å². The summed E-state index contributed by atoms with van der Waals surface area (Å²) in [5, 5.41) is 0. The van der Waals surface area contributed by atoms with Gasteiger partial charge in [0.05, 0.1) is 0 Å². The minimum atomic E-state index is 1.07. The van der Waals surface area contributed by atoms with Crippen LogP contribution in [0.15, 0.2) is 24.3 Å². The molecule has 1 heteroatoms.